The lowest BCUT2D eigenvalue weighted by atomic mass is 10.1. The zero-order valence-corrected chi connectivity index (χ0v) is 9.37. The lowest BCUT2D eigenvalue weighted by Crippen LogP contribution is -2.34. The summed E-state index contributed by atoms with van der Waals surface area (Å²) in [5.74, 6) is 0. The molecule has 2 heterocycles. The first-order valence-corrected chi connectivity index (χ1v) is 5.24. The van der Waals surface area contributed by atoms with E-state index in [1.807, 2.05) is 15.3 Å². The Morgan fingerprint density at radius 2 is 2.07 bits per heavy atom. The van der Waals surface area contributed by atoms with Crippen LogP contribution in [0.5, 0.6) is 0 Å². The van der Waals surface area contributed by atoms with Gasteiger partial charge in [-0.05, 0) is 40.5 Å². The third-order valence-electron chi connectivity index (χ3n) is 2.98. The van der Waals surface area contributed by atoms with Crippen molar-refractivity contribution in [2.75, 3.05) is 0 Å². The molecule has 14 heavy (non-hydrogen) atoms. The van der Waals surface area contributed by atoms with E-state index in [1.54, 1.807) is 0 Å². The van der Waals surface area contributed by atoms with E-state index < -0.39 is 0 Å². The van der Waals surface area contributed by atoms with Gasteiger partial charge in [0.25, 0.3) is 0 Å². The van der Waals surface area contributed by atoms with Gasteiger partial charge in [-0.2, -0.15) is 0 Å². The Kier molecular flexibility index (Phi) is 1.88. The second-order valence-electron chi connectivity index (χ2n) is 5.20. The number of fused-ring (bicyclic) bond motifs is 1. The van der Waals surface area contributed by atoms with Crippen LogP contribution >= 0.6 is 0 Å². The maximum absolute atomic E-state index is 12.0. The molecule has 0 bridgehead atoms. The third-order valence-corrected chi connectivity index (χ3v) is 2.98. The molecule has 1 atom stereocenters. The van der Waals surface area contributed by atoms with E-state index >= 15 is 0 Å². The maximum Gasteiger partial charge on any atom is 0.329 e. The van der Waals surface area contributed by atoms with Crippen LogP contribution < -0.4 is 5.69 Å². The summed E-state index contributed by atoms with van der Waals surface area (Å²) in [6.45, 7) is 8.31. The van der Waals surface area contributed by atoms with Crippen molar-refractivity contribution in [1.29, 1.82) is 0 Å². The fourth-order valence-electron chi connectivity index (χ4n) is 2.13. The highest BCUT2D eigenvalue weighted by molar-refractivity contribution is 5.09. The molecule has 1 aromatic heterocycles. The summed E-state index contributed by atoms with van der Waals surface area (Å²) < 4.78 is 3.78. The van der Waals surface area contributed by atoms with Gasteiger partial charge in [-0.25, -0.2) is 4.79 Å². The van der Waals surface area contributed by atoms with Gasteiger partial charge in [0.1, 0.15) is 0 Å². The van der Waals surface area contributed by atoms with Crippen molar-refractivity contribution in [3.8, 4) is 0 Å². The van der Waals surface area contributed by atoms with Gasteiger partial charge < -0.3 is 0 Å². The summed E-state index contributed by atoms with van der Waals surface area (Å²) in [6, 6.07) is 0.376. The molecule has 1 aliphatic heterocycles. The topological polar surface area (TPSA) is 26.9 Å². The molecule has 0 saturated heterocycles. The Balaban J connectivity index is 2.59. The van der Waals surface area contributed by atoms with E-state index in [1.165, 1.54) is 5.69 Å². The molecule has 1 aliphatic rings. The zero-order chi connectivity index (χ0) is 10.5. The van der Waals surface area contributed by atoms with Crippen molar-refractivity contribution in [1.82, 2.24) is 9.13 Å². The number of nitrogens with zero attached hydrogens (tertiary/aromatic N) is 2. The number of hydrogen-bond donors (Lipinski definition) is 0. The lowest BCUT2D eigenvalue weighted by molar-refractivity contribution is 0.373. The van der Waals surface area contributed by atoms with Crippen LogP contribution in [0.1, 0.15) is 45.9 Å². The highest BCUT2D eigenvalue weighted by Gasteiger charge is 2.26. The monoisotopic (exact) mass is 194 g/mol. The standard InChI is InChI=1S/C11H18N2O/c1-8-5-6-9-7-12(11(2,3)4)10(14)13(8)9/h7-8H,5-6H2,1-4H3/t8-/m0/s1. The average molecular weight is 194 g/mol. The highest BCUT2D eigenvalue weighted by atomic mass is 16.2. The van der Waals surface area contributed by atoms with E-state index in [4.69, 9.17) is 0 Å². The van der Waals surface area contributed by atoms with Crippen LogP contribution in [0.15, 0.2) is 11.0 Å². The van der Waals surface area contributed by atoms with Gasteiger partial charge in [-0.3, -0.25) is 9.13 Å². The second-order valence-corrected chi connectivity index (χ2v) is 5.20. The van der Waals surface area contributed by atoms with E-state index in [0.29, 0.717) is 6.04 Å². The molecule has 78 valence electrons. The van der Waals surface area contributed by atoms with E-state index in [-0.39, 0.29) is 11.2 Å². The van der Waals surface area contributed by atoms with Crippen molar-refractivity contribution < 1.29 is 0 Å². The number of aryl methyl sites for hydroxylation is 1. The quantitative estimate of drug-likeness (QED) is 0.619. The molecule has 0 unspecified atom stereocenters. The Hall–Kier alpha value is -0.990. The molecule has 0 aromatic carbocycles. The van der Waals surface area contributed by atoms with Gasteiger partial charge in [0, 0.05) is 23.5 Å². The van der Waals surface area contributed by atoms with Crippen LogP contribution in [0.25, 0.3) is 0 Å². The minimum atomic E-state index is -0.103. The fraction of sp³-hybridized carbons (Fsp3) is 0.727. The van der Waals surface area contributed by atoms with Gasteiger partial charge in [-0.1, -0.05) is 0 Å². The summed E-state index contributed by atoms with van der Waals surface area (Å²) in [5.41, 5.74) is 1.24. The number of hydrogen-bond acceptors (Lipinski definition) is 1. The molecule has 0 fully saturated rings. The van der Waals surface area contributed by atoms with Crippen LogP contribution in [0.2, 0.25) is 0 Å². The Morgan fingerprint density at radius 1 is 1.43 bits per heavy atom. The minimum absolute atomic E-state index is 0.103. The van der Waals surface area contributed by atoms with Gasteiger partial charge in [-0.15, -0.1) is 0 Å². The van der Waals surface area contributed by atoms with Crippen molar-refractivity contribution in [3.05, 3.63) is 22.4 Å². The molecule has 0 saturated carbocycles. The summed E-state index contributed by atoms with van der Waals surface area (Å²) >= 11 is 0. The van der Waals surface area contributed by atoms with Crippen LogP contribution in [0.3, 0.4) is 0 Å². The third kappa shape index (κ3) is 1.22. The Morgan fingerprint density at radius 3 is 2.57 bits per heavy atom. The van der Waals surface area contributed by atoms with Crippen molar-refractivity contribution >= 4 is 0 Å². The van der Waals surface area contributed by atoms with Gasteiger partial charge in [0.15, 0.2) is 0 Å². The molecule has 0 amide bonds. The van der Waals surface area contributed by atoms with Gasteiger partial charge >= 0.3 is 5.69 Å². The molecule has 2 rings (SSSR count). The number of aromatic nitrogens is 2. The van der Waals surface area contributed by atoms with Crippen LogP contribution in [-0.2, 0) is 12.0 Å². The highest BCUT2D eigenvalue weighted by Crippen LogP contribution is 2.24. The van der Waals surface area contributed by atoms with Crippen molar-refractivity contribution in [2.24, 2.45) is 0 Å². The Bertz CT molecular complexity index is 406. The molecular formula is C11H18N2O. The molecule has 0 N–H and O–H groups in total. The maximum atomic E-state index is 12.0. The summed E-state index contributed by atoms with van der Waals surface area (Å²) in [4.78, 5) is 12.0. The predicted molar refractivity (Wildman–Crippen MR) is 56.7 cm³/mol. The van der Waals surface area contributed by atoms with Crippen molar-refractivity contribution in [3.63, 3.8) is 0 Å². The van der Waals surface area contributed by atoms with Gasteiger partial charge in [0.05, 0.1) is 0 Å². The first-order valence-electron chi connectivity index (χ1n) is 5.24. The van der Waals surface area contributed by atoms with Crippen molar-refractivity contribution in [2.45, 2.75) is 52.1 Å². The summed E-state index contributed by atoms with van der Waals surface area (Å²) in [6.07, 6.45) is 4.17. The average Bonchev–Trinajstić information content (AvgIpc) is 2.53. The molecule has 0 aliphatic carbocycles. The van der Waals surface area contributed by atoms with Crippen LogP contribution in [-0.4, -0.2) is 9.13 Å². The Labute approximate surface area is 84.4 Å². The zero-order valence-electron chi connectivity index (χ0n) is 9.37. The molecule has 0 spiro atoms. The number of imidazole rings is 1. The smallest absolute Gasteiger partial charge is 0.294 e. The van der Waals surface area contributed by atoms with Gasteiger partial charge in [0.2, 0.25) is 0 Å². The first kappa shape index (κ1) is 9.56. The largest absolute Gasteiger partial charge is 0.329 e. The molecule has 1 aromatic rings. The van der Waals surface area contributed by atoms with E-state index in [0.717, 1.165) is 12.8 Å². The second kappa shape index (κ2) is 2.75. The fourth-order valence-corrected chi connectivity index (χ4v) is 2.13. The van der Waals surface area contributed by atoms with Crippen LogP contribution in [0, 0.1) is 0 Å². The van der Waals surface area contributed by atoms with E-state index in [2.05, 4.69) is 27.7 Å². The lowest BCUT2D eigenvalue weighted by Gasteiger charge is -2.19. The molecule has 0 radical (unpaired) electrons. The summed E-state index contributed by atoms with van der Waals surface area (Å²) in [7, 11) is 0. The SMILES string of the molecule is C[C@H]1CCc2cn(C(C)(C)C)c(=O)n21. The van der Waals surface area contributed by atoms with E-state index in [9.17, 15) is 4.79 Å². The summed E-state index contributed by atoms with van der Waals surface area (Å²) in [5, 5.41) is 0. The normalized spacial score (nSPS) is 21.3. The molecule has 3 nitrogen and oxygen atoms in total. The molecule has 3 heteroatoms. The first-order chi connectivity index (χ1) is 6.41. The number of rotatable bonds is 0. The predicted octanol–water partition coefficient (Wildman–Crippen LogP) is 1.91. The minimum Gasteiger partial charge on any atom is -0.294 e. The van der Waals surface area contributed by atoms with Crippen LogP contribution in [0.4, 0.5) is 0 Å². The molecular weight excluding hydrogens is 176 g/mol.